The molecule has 0 aliphatic carbocycles. The van der Waals surface area contributed by atoms with E-state index in [1.165, 1.54) is 51.2 Å². The number of halogens is 1. The molecule has 1 fully saturated rings. The largest absolute Gasteiger partial charge is 0.495 e. The maximum absolute atomic E-state index is 14.0. The second-order valence-corrected chi connectivity index (χ2v) is 11.7. The maximum Gasteiger partial charge on any atom is 0.265 e. The van der Waals surface area contributed by atoms with Gasteiger partial charge in [-0.3, -0.25) is 9.10 Å². The zero-order chi connectivity index (χ0) is 28.0. The van der Waals surface area contributed by atoms with Gasteiger partial charge in [-0.15, -0.1) is 0 Å². The van der Waals surface area contributed by atoms with Crippen LogP contribution in [0.3, 0.4) is 0 Å². The smallest absolute Gasteiger partial charge is 0.265 e. The molecule has 3 aromatic carbocycles. The van der Waals surface area contributed by atoms with E-state index in [1.807, 2.05) is 18.2 Å². The van der Waals surface area contributed by atoms with Gasteiger partial charge in [-0.25, -0.2) is 8.42 Å². The molecule has 208 valence electrons. The minimum absolute atomic E-state index is 0.0588. The number of rotatable bonds is 10. The lowest BCUT2D eigenvalue weighted by molar-refractivity contribution is -0.130. The second-order valence-electron chi connectivity index (χ2n) is 9.36. The molecule has 0 radical (unpaired) electrons. The van der Waals surface area contributed by atoms with Gasteiger partial charge in [-0.1, -0.05) is 41.9 Å². The van der Waals surface area contributed by atoms with Crippen molar-refractivity contribution < 1.29 is 27.4 Å². The van der Waals surface area contributed by atoms with Crippen LogP contribution in [0.25, 0.3) is 0 Å². The number of nitrogens with zero attached hydrogens (tertiary/aromatic N) is 2. The molecule has 0 aromatic heterocycles. The average molecular weight is 573 g/mol. The van der Waals surface area contributed by atoms with Gasteiger partial charge < -0.3 is 19.1 Å². The van der Waals surface area contributed by atoms with Crippen LogP contribution < -0.4 is 18.5 Å². The van der Waals surface area contributed by atoms with Gasteiger partial charge >= 0.3 is 0 Å². The Morgan fingerprint density at radius 1 is 0.897 bits per heavy atom. The summed E-state index contributed by atoms with van der Waals surface area (Å²) in [5.74, 6) is 1.09. The van der Waals surface area contributed by atoms with Crippen LogP contribution in [0.15, 0.2) is 71.6 Å². The number of carbonyl (C=O) groups excluding carboxylic acids is 1. The van der Waals surface area contributed by atoms with E-state index in [-0.39, 0.29) is 28.0 Å². The zero-order valence-corrected chi connectivity index (χ0v) is 23.9. The minimum atomic E-state index is -4.23. The molecule has 4 rings (SSSR count). The van der Waals surface area contributed by atoms with Gasteiger partial charge in [-0.05, 0) is 61.1 Å². The number of ether oxygens (including phenoxy) is 3. The number of piperidine rings is 1. The fraction of sp³-hybridized carbons (Fsp3) is 0.345. The lowest BCUT2D eigenvalue weighted by atomic mass is 9.90. The van der Waals surface area contributed by atoms with Crippen molar-refractivity contribution in [3.63, 3.8) is 0 Å². The zero-order valence-electron chi connectivity index (χ0n) is 22.3. The molecule has 1 amide bonds. The van der Waals surface area contributed by atoms with Crippen LogP contribution in [-0.2, 0) is 21.2 Å². The molecule has 39 heavy (non-hydrogen) atoms. The summed E-state index contributed by atoms with van der Waals surface area (Å²) in [7, 11) is 0.0998. The number of hydrogen-bond donors (Lipinski definition) is 0. The van der Waals surface area contributed by atoms with Gasteiger partial charge in [-0.2, -0.15) is 0 Å². The third-order valence-electron chi connectivity index (χ3n) is 6.97. The Labute approximate surface area is 235 Å². The van der Waals surface area contributed by atoms with Crippen LogP contribution in [0, 0.1) is 5.92 Å². The molecule has 1 saturated heterocycles. The number of sulfonamides is 1. The van der Waals surface area contributed by atoms with Gasteiger partial charge in [0.1, 0.15) is 12.3 Å². The quantitative estimate of drug-likeness (QED) is 0.338. The average Bonchev–Trinajstić information content (AvgIpc) is 2.96. The predicted octanol–water partition coefficient (Wildman–Crippen LogP) is 5.04. The first-order chi connectivity index (χ1) is 18.8. The Morgan fingerprint density at radius 3 is 2.18 bits per heavy atom. The van der Waals surface area contributed by atoms with Crippen molar-refractivity contribution in [1.82, 2.24) is 4.90 Å². The highest BCUT2D eigenvalue weighted by molar-refractivity contribution is 7.92. The molecule has 0 N–H and O–H groups in total. The molecule has 0 spiro atoms. The summed E-state index contributed by atoms with van der Waals surface area (Å²) in [5.41, 5.74) is 1.45. The molecule has 1 aliphatic heterocycles. The third-order valence-corrected chi connectivity index (χ3v) is 8.96. The standard InChI is InChI=1S/C29H33ClN2O6S/c1-36-26-11-9-23(30)18-25(26)32(39(34,35)24-10-12-27(37-2)28(19-24)38-3)20-29(33)31-15-13-22(14-16-31)17-21-7-5-4-6-8-21/h4-12,18-19,22H,13-17,20H2,1-3H3. The Kier molecular flexibility index (Phi) is 9.24. The van der Waals surface area contributed by atoms with E-state index >= 15 is 0 Å². The van der Waals surface area contributed by atoms with E-state index in [1.54, 1.807) is 17.0 Å². The Bertz CT molecular complexity index is 1390. The molecule has 0 atom stereocenters. The number of anilines is 1. The topological polar surface area (TPSA) is 85.4 Å². The second kappa shape index (κ2) is 12.6. The summed E-state index contributed by atoms with van der Waals surface area (Å²) < 4.78 is 45.1. The van der Waals surface area contributed by atoms with Gasteiger partial charge in [0.25, 0.3) is 10.0 Å². The highest BCUT2D eigenvalue weighted by Gasteiger charge is 2.33. The van der Waals surface area contributed by atoms with Gasteiger partial charge in [0.05, 0.1) is 31.9 Å². The van der Waals surface area contributed by atoms with Crippen molar-refractivity contribution in [2.24, 2.45) is 5.92 Å². The van der Waals surface area contributed by atoms with Crippen molar-refractivity contribution in [2.75, 3.05) is 45.3 Å². The van der Waals surface area contributed by atoms with E-state index in [4.69, 9.17) is 25.8 Å². The highest BCUT2D eigenvalue weighted by Crippen LogP contribution is 2.37. The van der Waals surface area contributed by atoms with Gasteiger partial charge in [0.2, 0.25) is 5.91 Å². The first-order valence-electron chi connectivity index (χ1n) is 12.7. The fourth-order valence-electron chi connectivity index (χ4n) is 4.82. The molecule has 3 aromatic rings. The molecular formula is C29H33ClN2O6S. The van der Waals surface area contributed by atoms with Gasteiger partial charge in [0, 0.05) is 24.2 Å². The van der Waals surface area contributed by atoms with Crippen molar-refractivity contribution in [1.29, 1.82) is 0 Å². The van der Waals surface area contributed by atoms with Crippen molar-refractivity contribution in [3.05, 3.63) is 77.3 Å². The SMILES string of the molecule is COc1ccc(S(=O)(=O)N(CC(=O)N2CCC(Cc3ccccc3)CC2)c2cc(Cl)ccc2OC)cc1OC. The first-order valence-corrected chi connectivity index (χ1v) is 14.5. The van der Waals surface area contributed by atoms with Crippen LogP contribution in [0.5, 0.6) is 17.2 Å². The summed E-state index contributed by atoms with van der Waals surface area (Å²) in [6, 6.07) is 19.3. The van der Waals surface area contributed by atoms with Crippen molar-refractivity contribution in [2.45, 2.75) is 24.2 Å². The third kappa shape index (κ3) is 6.59. The van der Waals surface area contributed by atoms with Crippen LogP contribution in [0.4, 0.5) is 5.69 Å². The first kappa shape index (κ1) is 28.6. The van der Waals surface area contributed by atoms with Crippen molar-refractivity contribution >= 4 is 33.2 Å². The molecule has 1 aliphatic rings. The fourth-order valence-corrected chi connectivity index (χ4v) is 6.42. The number of likely N-dealkylation sites (tertiary alicyclic amines) is 1. The molecule has 0 saturated carbocycles. The van der Waals surface area contributed by atoms with Crippen LogP contribution in [-0.4, -0.2) is 60.2 Å². The van der Waals surface area contributed by atoms with Gasteiger partial charge in [0.15, 0.2) is 11.5 Å². The highest BCUT2D eigenvalue weighted by atomic mass is 35.5. The number of methoxy groups -OCH3 is 3. The Balaban J connectivity index is 1.60. The molecule has 1 heterocycles. The number of benzene rings is 3. The Hall–Kier alpha value is -3.43. The lowest BCUT2D eigenvalue weighted by Crippen LogP contribution is -2.46. The number of carbonyl (C=O) groups is 1. The summed E-state index contributed by atoms with van der Waals surface area (Å²) in [4.78, 5) is 15.2. The number of amides is 1. The monoisotopic (exact) mass is 572 g/mol. The molecule has 10 heteroatoms. The van der Waals surface area contributed by atoms with Crippen LogP contribution in [0.1, 0.15) is 18.4 Å². The van der Waals surface area contributed by atoms with E-state index < -0.39 is 16.6 Å². The van der Waals surface area contributed by atoms with E-state index in [0.717, 1.165) is 23.6 Å². The Morgan fingerprint density at radius 2 is 1.54 bits per heavy atom. The normalized spacial score (nSPS) is 14.1. The van der Waals surface area contributed by atoms with E-state index in [9.17, 15) is 13.2 Å². The lowest BCUT2D eigenvalue weighted by Gasteiger charge is -2.34. The van der Waals surface area contributed by atoms with Crippen molar-refractivity contribution in [3.8, 4) is 17.2 Å². The summed E-state index contributed by atoms with van der Waals surface area (Å²) in [5, 5.41) is 0.312. The summed E-state index contributed by atoms with van der Waals surface area (Å²) >= 11 is 6.26. The van der Waals surface area contributed by atoms with E-state index in [0.29, 0.717) is 29.8 Å². The van der Waals surface area contributed by atoms with E-state index in [2.05, 4.69) is 12.1 Å². The molecular weight excluding hydrogens is 540 g/mol. The maximum atomic E-state index is 14.0. The predicted molar refractivity (Wildman–Crippen MR) is 152 cm³/mol. The number of hydrogen-bond acceptors (Lipinski definition) is 6. The van der Waals surface area contributed by atoms with Crippen LogP contribution >= 0.6 is 11.6 Å². The molecule has 8 nitrogen and oxygen atoms in total. The summed E-state index contributed by atoms with van der Waals surface area (Å²) in [6.07, 6.45) is 2.66. The molecule has 0 unspecified atom stereocenters. The van der Waals surface area contributed by atoms with Crippen LogP contribution in [0.2, 0.25) is 5.02 Å². The summed E-state index contributed by atoms with van der Waals surface area (Å²) in [6.45, 7) is 0.719. The molecule has 0 bridgehead atoms. The minimum Gasteiger partial charge on any atom is -0.495 e.